The standard InChI is InChI=1S/C7H14NO5P/c1-3-12-7(11)8-4(2)5(13-14)6(9)10/h4-5H,3,14H2,1-2H3,(H,8,11)(H,9,10)/t4?,5-/m1/s1. The molecule has 0 fully saturated rings. The summed E-state index contributed by atoms with van der Waals surface area (Å²) < 4.78 is 9.18. The lowest BCUT2D eigenvalue weighted by atomic mass is 10.2. The number of amides is 1. The van der Waals surface area contributed by atoms with Crippen LogP contribution in [0.4, 0.5) is 4.79 Å². The molecule has 0 aromatic rings. The first-order chi connectivity index (χ1) is 6.52. The number of nitrogens with one attached hydrogen (secondary N) is 1. The molecule has 2 N–H and O–H groups in total. The maximum Gasteiger partial charge on any atom is 0.407 e. The Morgan fingerprint density at radius 1 is 1.57 bits per heavy atom. The number of carbonyl (C=O) groups is 2. The molecule has 0 aliphatic carbocycles. The normalized spacial score (nSPS) is 14.2. The first-order valence-corrected chi connectivity index (χ1v) is 4.51. The van der Waals surface area contributed by atoms with Gasteiger partial charge >= 0.3 is 12.1 Å². The lowest BCUT2D eigenvalue weighted by Gasteiger charge is -2.19. The summed E-state index contributed by atoms with van der Waals surface area (Å²) >= 11 is 0. The molecule has 0 saturated carbocycles. The maximum absolute atomic E-state index is 10.9. The quantitative estimate of drug-likeness (QED) is 0.658. The molecular weight excluding hydrogens is 209 g/mol. The van der Waals surface area contributed by atoms with Crippen molar-refractivity contribution in [3.05, 3.63) is 0 Å². The monoisotopic (exact) mass is 223 g/mol. The van der Waals surface area contributed by atoms with Crippen molar-refractivity contribution in [3.63, 3.8) is 0 Å². The first kappa shape index (κ1) is 13.1. The fourth-order valence-corrected chi connectivity index (χ4v) is 1.18. The Morgan fingerprint density at radius 2 is 2.14 bits per heavy atom. The number of aliphatic carboxylic acids is 1. The minimum Gasteiger partial charge on any atom is -0.479 e. The minimum absolute atomic E-state index is 0.234. The van der Waals surface area contributed by atoms with Gasteiger partial charge in [0.25, 0.3) is 0 Å². The van der Waals surface area contributed by atoms with E-state index >= 15 is 0 Å². The summed E-state index contributed by atoms with van der Waals surface area (Å²) in [6.45, 7) is 3.41. The SMILES string of the molecule is CCOC(=O)NC(C)[C@@H](OP)C(=O)O. The van der Waals surface area contributed by atoms with Crippen LogP contribution in [0, 0.1) is 0 Å². The number of carboxylic acids is 1. The number of hydrogen-bond donors (Lipinski definition) is 2. The Balaban J connectivity index is 4.10. The van der Waals surface area contributed by atoms with Crippen LogP contribution in [0.2, 0.25) is 0 Å². The van der Waals surface area contributed by atoms with Crippen LogP contribution in [0.15, 0.2) is 0 Å². The second kappa shape index (κ2) is 6.56. The Bertz CT molecular complexity index is 210. The van der Waals surface area contributed by atoms with Crippen molar-refractivity contribution in [2.45, 2.75) is 26.0 Å². The highest BCUT2D eigenvalue weighted by molar-refractivity contribution is 7.09. The topological polar surface area (TPSA) is 84.9 Å². The Morgan fingerprint density at radius 3 is 2.50 bits per heavy atom. The highest BCUT2D eigenvalue weighted by Crippen LogP contribution is 2.04. The number of ether oxygens (including phenoxy) is 1. The zero-order chi connectivity index (χ0) is 11.1. The van der Waals surface area contributed by atoms with E-state index in [-0.39, 0.29) is 6.61 Å². The molecule has 0 rings (SSSR count). The largest absolute Gasteiger partial charge is 0.479 e. The summed E-state index contributed by atoms with van der Waals surface area (Å²) in [6.07, 6.45) is -1.77. The summed E-state index contributed by atoms with van der Waals surface area (Å²) in [4.78, 5) is 21.5. The van der Waals surface area contributed by atoms with Gasteiger partial charge in [-0.25, -0.2) is 9.59 Å². The van der Waals surface area contributed by atoms with E-state index in [1.807, 2.05) is 9.47 Å². The van der Waals surface area contributed by atoms with E-state index < -0.39 is 24.2 Å². The Kier molecular flexibility index (Phi) is 6.16. The molecule has 0 bridgehead atoms. The van der Waals surface area contributed by atoms with E-state index in [4.69, 9.17) is 5.11 Å². The summed E-state index contributed by atoms with van der Waals surface area (Å²) in [5, 5.41) is 11.0. The van der Waals surface area contributed by atoms with Crippen LogP contribution in [-0.4, -0.2) is 35.9 Å². The van der Waals surface area contributed by atoms with Crippen LogP contribution in [0.1, 0.15) is 13.8 Å². The van der Waals surface area contributed by atoms with Gasteiger partial charge in [0.05, 0.1) is 12.6 Å². The van der Waals surface area contributed by atoms with E-state index in [1.54, 1.807) is 6.92 Å². The van der Waals surface area contributed by atoms with Crippen molar-refractivity contribution in [1.29, 1.82) is 0 Å². The average molecular weight is 223 g/mol. The lowest BCUT2D eigenvalue weighted by Crippen LogP contribution is -2.45. The van der Waals surface area contributed by atoms with Gasteiger partial charge < -0.3 is 19.7 Å². The molecule has 0 aromatic carbocycles. The third-order valence-corrected chi connectivity index (χ3v) is 1.76. The number of hydrogen-bond acceptors (Lipinski definition) is 4. The third kappa shape index (κ3) is 4.39. The number of rotatable bonds is 5. The van der Waals surface area contributed by atoms with Gasteiger partial charge in [0.15, 0.2) is 6.10 Å². The highest BCUT2D eigenvalue weighted by Gasteiger charge is 2.25. The van der Waals surface area contributed by atoms with Gasteiger partial charge in [0.1, 0.15) is 0 Å². The van der Waals surface area contributed by atoms with Gasteiger partial charge in [-0.15, -0.1) is 0 Å². The van der Waals surface area contributed by atoms with Gasteiger partial charge in [-0.05, 0) is 13.8 Å². The molecule has 14 heavy (non-hydrogen) atoms. The Labute approximate surface area is 84.2 Å². The van der Waals surface area contributed by atoms with Crippen molar-refractivity contribution in [2.75, 3.05) is 6.61 Å². The molecule has 0 aliphatic rings. The number of carboxylic acid groups (broad SMARTS) is 1. The average Bonchev–Trinajstić information content (AvgIpc) is 2.04. The van der Waals surface area contributed by atoms with Crippen molar-refractivity contribution in [1.82, 2.24) is 5.32 Å². The predicted molar refractivity (Wildman–Crippen MR) is 51.8 cm³/mol. The third-order valence-electron chi connectivity index (χ3n) is 1.47. The predicted octanol–water partition coefficient (Wildman–Crippen LogP) is 0.381. The molecule has 7 heteroatoms. The van der Waals surface area contributed by atoms with Gasteiger partial charge in [-0.3, -0.25) is 0 Å². The number of carbonyl (C=O) groups excluding carboxylic acids is 1. The highest BCUT2D eigenvalue weighted by atomic mass is 31.0. The van der Waals surface area contributed by atoms with Crippen LogP contribution >= 0.6 is 9.47 Å². The van der Waals surface area contributed by atoms with Crippen LogP contribution in [-0.2, 0) is 14.1 Å². The second-order valence-corrected chi connectivity index (χ2v) is 2.82. The molecule has 0 aliphatic heterocycles. The summed E-state index contributed by atoms with van der Waals surface area (Å²) in [6, 6.07) is -0.663. The second-order valence-electron chi connectivity index (χ2n) is 2.55. The zero-order valence-corrected chi connectivity index (χ0v) is 9.17. The molecule has 0 spiro atoms. The van der Waals surface area contributed by atoms with Gasteiger partial charge in [0, 0.05) is 9.47 Å². The molecule has 0 heterocycles. The maximum atomic E-state index is 10.9. The molecule has 0 radical (unpaired) electrons. The fourth-order valence-electron chi connectivity index (χ4n) is 0.824. The summed E-state index contributed by atoms with van der Waals surface area (Å²) in [5.41, 5.74) is 0. The van der Waals surface area contributed by atoms with Gasteiger partial charge in [0.2, 0.25) is 0 Å². The van der Waals surface area contributed by atoms with E-state index in [0.717, 1.165) is 0 Å². The molecule has 3 atom stereocenters. The van der Waals surface area contributed by atoms with Gasteiger partial charge in [-0.2, -0.15) is 0 Å². The van der Waals surface area contributed by atoms with E-state index in [1.165, 1.54) is 6.92 Å². The van der Waals surface area contributed by atoms with E-state index in [2.05, 4.69) is 14.6 Å². The van der Waals surface area contributed by atoms with Crippen molar-refractivity contribution >= 4 is 21.5 Å². The van der Waals surface area contributed by atoms with Crippen LogP contribution < -0.4 is 5.32 Å². The van der Waals surface area contributed by atoms with Crippen LogP contribution in [0.25, 0.3) is 0 Å². The smallest absolute Gasteiger partial charge is 0.407 e. The minimum atomic E-state index is -1.15. The lowest BCUT2D eigenvalue weighted by molar-refractivity contribution is -0.145. The van der Waals surface area contributed by atoms with E-state index in [9.17, 15) is 9.59 Å². The molecule has 82 valence electrons. The van der Waals surface area contributed by atoms with Crippen LogP contribution in [0.3, 0.4) is 0 Å². The fraction of sp³-hybridized carbons (Fsp3) is 0.714. The molecule has 2 unspecified atom stereocenters. The summed E-state index contributed by atoms with van der Waals surface area (Å²) in [7, 11) is 1.85. The number of alkyl carbamates (subject to hydrolysis) is 1. The van der Waals surface area contributed by atoms with Crippen molar-refractivity contribution < 1.29 is 24.0 Å². The van der Waals surface area contributed by atoms with Crippen LogP contribution in [0.5, 0.6) is 0 Å². The molecule has 1 amide bonds. The van der Waals surface area contributed by atoms with Crippen molar-refractivity contribution in [3.8, 4) is 0 Å². The van der Waals surface area contributed by atoms with E-state index in [0.29, 0.717) is 0 Å². The molecule has 0 aromatic heterocycles. The van der Waals surface area contributed by atoms with Gasteiger partial charge in [-0.1, -0.05) is 0 Å². The summed E-state index contributed by atoms with van der Waals surface area (Å²) in [5.74, 6) is -1.15. The Hall–Kier alpha value is -0.870. The molecule has 6 nitrogen and oxygen atoms in total. The molecule has 0 saturated heterocycles. The zero-order valence-electron chi connectivity index (χ0n) is 8.02. The first-order valence-electron chi connectivity index (χ1n) is 4.04. The van der Waals surface area contributed by atoms with Crippen molar-refractivity contribution in [2.24, 2.45) is 0 Å². The molecular formula is C7H14NO5P.